The molecule has 0 aliphatic carbocycles. The summed E-state index contributed by atoms with van der Waals surface area (Å²) in [6.07, 6.45) is 1.87. The van der Waals surface area contributed by atoms with Crippen molar-refractivity contribution in [2.75, 3.05) is 6.61 Å². The molecule has 0 aliphatic heterocycles. The summed E-state index contributed by atoms with van der Waals surface area (Å²) in [5.41, 5.74) is 6.19. The minimum atomic E-state index is -0.662. The van der Waals surface area contributed by atoms with Crippen LogP contribution < -0.4 is 5.73 Å². The Bertz CT molecular complexity index is 259. The molecule has 0 spiro atoms. The van der Waals surface area contributed by atoms with Crippen molar-refractivity contribution in [1.82, 2.24) is 15.4 Å². The van der Waals surface area contributed by atoms with Crippen LogP contribution in [0.4, 0.5) is 0 Å². The summed E-state index contributed by atoms with van der Waals surface area (Å²) in [5, 5.41) is 9.81. The minimum absolute atomic E-state index is 0.339. The third-order valence-corrected chi connectivity index (χ3v) is 1.48. The molecule has 1 atom stereocenters. The quantitative estimate of drug-likeness (QED) is 0.600. The first-order valence-corrected chi connectivity index (χ1v) is 4.01. The number of aromatic nitrogens is 3. The van der Waals surface area contributed by atoms with Crippen molar-refractivity contribution in [3.05, 3.63) is 11.9 Å². The van der Waals surface area contributed by atoms with Gasteiger partial charge in [-0.3, -0.25) is 4.79 Å². The molecule has 0 amide bonds. The molecule has 0 unspecified atom stereocenters. The Morgan fingerprint density at radius 1 is 1.85 bits per heavy atom. The van der Waals surface area contributed by atoms with E-state index in [9.17, 15) is 4.79 Å². The smallest absolute Gasteiger partial charge is 0.323 e. The van der Waals surface area contributed by atoms with Crippen molar-refractivity contribution in [3.8, 4) is 0 Å². The Labute approximate surface area is 75.5 Å². The van der Waals surface area contributed by atoms with Crippen molar-refractivity contribution in [2.24, 2.45) is 5.73 Å². The molecule has 1 aromatic heterocycles. The average Bonchev–Trinajstić information content (AvgIpc) is 2.57. The monoisotopic (exact) mass is 184 g/mol. The van der Waals surface area contributed by atoms with E-state index >= 15 is 0 Å². The first kappa shape index (κ1) is 9.66. The predicted molar refractivity (Wildman–Crippen MR) is 44.7 cm³/mol. The molecule has 0 aliphatic rings. The van der Waals surface area contributed by atoms with E-state index < -0.39 is 12.0 Å². The number of nitrogens with two attached hydrogens (primary N) is 1. The highest BCUT2D eigenvalue weighted by Crippen LogP contribution is 1.96. The standard InChI is InChI=1S/C7H12N4O2/c1-2-13-7(12)6(8)3-5-4-9-11-10-5/h4,6H,2-3,8H2,1H3,(H,9,10,11)/t6-/m0/s1. The fraction of sp³-hybridized carbons (Fsp3) is 0.571. The molecular formula is C7H12N4O2. The van der Waals surface area contributed by atoms with Gasteiger partial charge in [0.05, 0.1) is 18.5 Å². The number of ether oxygens (including phenoxy) is 1. The zero-order valence-electron chi connectivity index (χ0n) is 7.36. The van der Waals surface area contributed by atoms with Gasteiger partial charge in [0.15, 0.2) is 0 Å². The summed E-state index contributed by atoms with van der Waals surface area (Å²) in [4.78, 5) is 11.1. The number of carbonyl (C=O) groups excluding carboxylic acids is 1. The molecule has 1 rings (SSSR count). The van der Waals surface area contributed by atoms with Gasteiger partial charge >= 0.3 is 5.97 Å². The number of H-pyrrole nitrogens is 1. The van der Waals surface area contributed by atoms with Gasteiger partial charge in [-0.15, -0.1) is 0 Å². The first-order chi connectivity index (χ1) is 6.24. The molecule has 6 nitrogen and oxygen atoms in total. The van der Waals surface area contributed by atoms with Crippen LogP contribution in [0.5, 0.6) is 0 Å². The number of esters is 1. The maximum atomic E-state index is 11.1. The molecule has 1 aromatic rings. The predicted octanol–water partition coefficient (Wildman–Crippen LogP) is -0.762. The maximum absolute atomic E-state index is 11.1. The summed E-state index contributed by atoms with van der Waals surface area (Å²) in [6.45, 7) is 2.08. The molecule has 0 fully saturated rings. The number of rotatable bonds is 4. The topological polar surface area (TPSA) is 93.9 Å². The van der Waals surface area contributed by atoms with Crippen molar-refractivity contribution >= 4 is 5.97 Å². The van der Waals surface area contributed by atoms with E-state index in [1.165, 1.54) is 6.20 Å². The summed E-state index contributed by atoms with van der Waals surface area (Å²) < 4.78 is 4.73. The Morgan fingerprint density at radius 2 is 2.62 bits per heavy atom. The Kier molecular flexibility index (Phi) is 3.39. The van der Waals surface area contributed by atoms with Crippen LogP contribution in [0.2, 0.25) is 0 Å². The number of hydrogen-bond donors (Lipinski definition) is 2. The van der Waals surface area contributed by atoms with Gasteiger partial charge in [-0.1, -0.05) is 0 Å². The van der Waals surface area contributed by atoms with Crippen molar-refractivity contribution in [1.29, 1.82) is 0 Å². The Hall–Kier alpha value is -1.43. The van der Waals surface area contributed by atoms with Crippen LogP contribution in [0.15, 0.2) is 6.20 Å². The fourth-order valence-electron chi connectivity index (χ4n) is 0.882. The zero-order valence-corrected chi connectivity index (χ0v) is 7.36. The second kappa shape index (κ2) is 4.56. The van der Waals surface area contributed by atoms with Crippen LogP contribution in [-0.4, -0.2) is 34.0 Å². The number of nitrogens with zero attached hydrogens (tertiary/aromatic N) is 2. The number of nitrogens with one attached hydrogen (secondary N) is 1. The highest BCUT2D eigenvalue weighted by atomic mass is 16.5. The second-order valence-electron chi connectivity index (χ2n) is 2.52. The maximum Gasteiger partial charge on any atom is 0.323 e. The molecule has 0 bridgehead atoms. The van der Waals surface area contributed by atoms with E-state index in [1.54, 1.807) is 6.92 Å². The molecule has 1 heterocycles. The lowest BCUT2D eigenvalue weighted by Gasteiger charge is -2.07. The van der Waals surface area contributed by atoms with E-state index in [-0.39, 0.29) is 0 Å². The zero-order chi connectivity index (χ0) is 9.68. The number of aromatic amines is 1. The van der Waals surface area contributed by atoms with Gasteiger partial charge in [0.25, 0.3) is 0 Å². The van der Waals surface area contributed by atoms with Crippen LogP contribution in [0.1, 0.15) is 12.6 Å². The molecule has 0 radical (unpaired) electrons. The first-order valence-electron chi connectivity index (χ1n) is 4.01. The highest BCUT2D eigenvalue weighted by Gasteiger charge is 2.15. The summed E-state index contributed by atoms with van der Waals surface area (Å²) in [7, 11) is 0. The Morgan fingerprint density at radius 3 is 3.15 bits per heavy atom. The van der Waals surface area contributed by atoms with Gasteiger partial charge in [-0.05, 0) is 6.92 Å². The van der Waals surface area contributed by atoms with E-state index in [4.69, 9.17) is 10.5 Å². The van der Waals surface area contributed by atoms with Crippen LogP contribution in [-0.2, 0) is 16.0 Å². The lowest BCUT2D eigenvalue weighted by Crippen LogP contribution is -2.34. The van der Waals surface area contributed by atoms with Crippen LogP contribution in [0.3, 0.4) is 0 Å². The van der Waals surface area contributed by atoms with Gasteiger partial charge < -0.3 is 10.5 Å². The van der Waals surface area contributed by atoms with Gasteiger partial charge in [0.1, 0.15) is 6.04 Å². The van der Waals surface area contributed by atoms with Crippen LogP contribution in [0, 0.1) is 0 Å². The van der Waals surface area contributed by atoms with Gasteiger partial charge in [0.2, 0.25) is 0 Å². The van der Waals surface area contributed by atoms with E-state index in [0.29, 0.717) is 18.7 Å². The average molecular weight is 184 g/mol. The Balaban J connectivity index is 2.41. The van der Waals surface area contributed by atoms with Gasteiger partial charge in [0, 0.05) is 6.42 Å². The van der Waals surface area contributed by atoms with Crippen LogP contribution >= 0.6 is 0 Å². The third kappa shape index (κ3) is 2.83. The summed E-state index contributed by atoms with van der Waals surface area (Å²) in [6, 6.07) is -0.662. The second-order valence-corrected chi connectivity index (χ2v) is 2.52. The van der Waals surface area contributed by atoms with Gasteiger partial charge in [-0.2, -0.15) is 15.4 Å². The van der Waals surface area contributed by atoms with Gasteiger partial charge in [-0.25, -0.2) is 0 Å². The van der Waals surface area contributed by atoms with Crippen LogP contribution in [0.25, 0.3) is 0 Å². The highest BCUT2D eigenvalue weighted by molar-refractivity contribution is 5.75. The third-order valence-electron chi connectivity index (χ3n) is 1.48. The molecule has 3 N–H and O–H groups in total. The molecule has 0 saturated carbocycles. The van der Waals surface area contributed by atoms with Crippen molar-refractivity contribution in [3.63, 3.8) is 0 Å². The molecule has 13 heavy (non-hydrogen) atoms. The minimum Gasteiger partial charge on any atom is -0.465 e. The van der Waals surface area contributed by atoms with E-state index in [1.807, 2.05) is 0 Å². The summed E-state index contributed by atoms with van der Waals surface area (Å²) >= 11 is 0. The fourth-order valence-corrected chi connectivity index (χ4v) is 0.882. The largest absolute Gasteiger partial charge is 0.465 e. The molecule has 0 aromatic carbocycles. The number of carbonyl (C=O) groups is 1. The molecule has 0 saturated heterocycles. The number of hydrogen-bond acceptors (Lipinski definition) is 5. The SMILES string of the molecule is CCOC(=O)[C@@H](N)Cc1cn[nH]n1. The lowest BCUT2D eigenvalue weighted by molar-refractivity contribution is -0.144. The molecule has 6 heteroatoms. The molecule has 72 valence electrons. The normalized spacial score (nSPS) is 12.5. The molecular weight excluding hydrogens is 172 g/mol. The van der Waals surface area contributed by atoms with E-state index in [2.05, 4.69) is 15.4 Å². The summed E-state index contributed by atoms with van der Waals surface area (Å²) in [5.74, 6) is -0.412. The van der Waals surface area contributed by atoms with Crippen molar-refractivity contribution < 1.29 is 9.53 Å². The lowest BCUT2D eigenvalue weighted by atomic mass is 10.2. The van der Waals surface area contributed by atoms with Crippen molar-refractivity contribution in [2.45, 2.75) is 19.4 Å². The van der Waals surface area contributed by atoms with E-state index in [0.717, 1.165) is 0 Å².